The lowest BCUT2D eigenvalue weighted by molar-refractivity contribution is 0.299. The minimum Gasteiger partial charge on any atom is -0.306 e. The third-order valence-corrected chi connectivity index (χ3v) is 3.71. The standard InChI is InChI=1S/C15H33N/c1-6-13-16(5)14-11-9-8-10-12-15(3,4)7-2/h6-14H2,1-5H3. The summed E-state index contributed by atoms with van der Waals surface area (Å²) in [6.07, 6.45) is 9.61. The Kier molecular flexibility index (Phi) is 9.02. The van der Waals surface area contributed by atoms with Gasteiger partial charge in [-0.1, -0.05) is 53.4 Å². The molecule has 0 saturated carbocycles. The van der Waals surface area contributed by atoms with E-state index in [1.165, 1.54) is 58.0 Å². The van der Waals surface area contributed by atoms with E-state index in [4.69, 9.17) is 0 Å². The fourth-order valence-corrected chi connectivity index (χ4v) is 2.01. The number of nitrogens with zero attached hydrogens (tertiary/aromatic N) is 1. The molecule has 0 aliphatic rings. The molecule has 0 unspecified atom stereocenters. The van der Waals surface area contributed by atoms with Crippen LogP contribution in [0.4, 0.5) is 0 Å². The molecule has 0 aliphatic heterocycles. The summed E-state index contributed by atoms with van der Waals surface area (Å²) in [5.74, 6) is 0. The van der Waals surface area contributed by atoms with Gasteiger partial charge in [-0.05, 0) is 44.8 Å². The van der Waals surface area contributed by atoms with Crippen LogP contribution in [0, 0.1) is 5.41 Å². The first-order valence-corrected chi connectivity index (χ1v) is 7.20. The van der Waals surface area contributed by atoms with Gasteiger partial charge in [-0.15, -0.1) is 0 Å². The van der Waals surface area contributed by atoms with Gasteiger partial charge < -0.3 is 4.90 Å². The van der Waals surface area contributed by atoms with Crippen molar-refractivity contribution in [3.8, 4) is 0 Å². The summed E-state index contributed by atoms with van der Waals surface area (Å²) in [6.45, 7) is 11.9. The Balaban J connectivity index is 3.28. The highest BCUT2D eigenvalue weighted by atomic mass is 15.1. The average molecular weight is 227 g/mol. The zero-order valence-corrected chi connectivity index (χ0v) is 12.3. The van der Waals surface area contributed by atoms with Gasteiger partial charge in [0.1, 0.15) is 0 Å². The first-order valence-electron chi connectivity index (χ1n) is 7.20. The van der Waals surface area contributed by atoms with Crippen molar-refractivity contribution in [2.45, 2.75) is 72.6 Å². The molecular weight excluding hydrogens is 194 g/mol. The van der Waals surface area contributed by atoms with Crippen LogP contribution in [0.2, 0.25) is 0 Å². The van der Waals surface area contributed by atoms with Gasteiger partial charge in [0.05, 0.1) is 0 Å². The van der Waals surface area contributed by atoms with Gasteiger partial charge in [-0.2, -0.15) is 0 Å². The monoisotopic (exact) mass is 227 g/mol. The van der Waals surface area contributed by atoms with E-state index in [9.17, 15) is 0 Å². The predicted molar refractivity (Wildman–Crippen MR) is 74.9 cm³/mol. The van der Waals surface area contributed by atoms with Crippen molar-refractivity contribution in [2.24, 2.45) is 5.41 Å². The fraction of sp³-hybridized carbons (Fsp3) is 1.00. The Morgan fingerprint density at radius 3 is 2.06 bits per heavy atom. The zero-order chi connectivity index (χ0) is 12.4. The van der Waals surface area contributed by atoms with Gasteiger partial charge in [0.2, 0.25) is 0 Å². The highest BCUT2D eigenvalue weighted by molar-refractivity contribution is 4.66. The molecule has 0 spiro atoms. The minimum absolute atomic E-state index is 0.568. The molecule has 0 saturated heterocycles. The van der Waals surface area contributed by atoms with Crippen LogP contribution >= 0.6 is 0 Å². The molecule has 0 amide bonds. The molecule has 0 heterocycles. The summed E-state index contributed by atoms with van der Waals surface area (Å²) in [4.78, 5) is 2.45. The van der Waals surface area contributed by atoms with E-state index in [1.807, 2.05) is 0 Å². The molecule has 98 valence electrons. The maximum atomic E-state index is 2.45. The fourth-order valence-electron chi connectivity index (χ4n) is 2.01. The van der Waals surface area contributed by atoms with Gasteiger partial charge in [0.25, 0.3) is 0 Å². The summed E-state index contributed by atoms with van der Waals surface area (Å²) in [7, 11) is 2.24. The molecule has 0 rings (SSSR count). The van der Waals surface area contributed by atoms with E-state index in [0.29, 0.717) is 5.41 Å². The molecule has 1 heteroatoms. The first kappa shape index (κ1) is 16.0. The quantitative estimate of drug-likeness (QED) is 0.488. The van der Waals surface area contributed by atoms with Crippen LogP contribution < -0.4 is 0 Å². The van der Waals surface area contributed by atoms with Gasteiger partial charge in [-0.3, -0.25) is 0 Å². The third-order valence-electron chi connectivity index (χ3n) is 3.71. The van der Waals surface area contributed by atoms with Crippen molar-refractivity contribution in [3.63, 3.8) is 0 Å². The maximum absolute atomic E-state index is 2.45. The molecule has 0 N–H and O–H groups in total. The molecule has 0 fully saturated rings. The molecule has 0 radical (unpaired) electrons. The zero-order valence-electron chi connectivity index (χ0n) is 12.3. The van der Waals surface area contributed by atoms with Gasteiger partial charge in [0.15, 0.2) is 0 Å². The second-order valence-corrected chi connectivity index (χ2v) is 5.99. The van der Waals surface area contributed by atoms with Crippen molar-refractivity contribution < 1.29 is 0 Å². The number of rotatable bonds is 10. The Bertz CT molecular complexity index is 152. The second-order valence-electron chi connectivity index (χ2n) is 5.99. The molecule has 0 aromatic rings. The highest BCUT2D eigenvalue weighted by Crippen LogP contribution is 2.27. The molecule has 0 bridgehead atoms. The van der Waals surface area contributed by atoms with Crippen LogP contribution in [-0.4, -0.2) is 25.0 Å². The van der Waals surface area contributed by atoms with Crippen LogP contribution in [0.3, 0.4) is 0 Å². The highest BCUT2D eigenvalue weighted by Gasteiger charge is 2.13. The van der Waals surface area contributed by atoms with E-state index in [2.05, 4.69) is 39.6 Å². The molecule has 0 aromatic carbocycles. The maximum Gasteiger partial charge on any atom is -0.00218 e. The number of unbranched alkanes of at least 4 members (excludes halogenated alkanes) is 3. The molecule has 0 aromatic heterocycles. The molecule has 0 aliphatic carbocycles. The average Bonchev–Trinajstić information content (AvgIpc) is 2.23. The van der Waals surface area contributed by atoms with E-state index < -0.39 is 0 Å². The van der Waals surface area contributed by atoms with Crippen molar-refractivity contribution in [3.05, 3.63) is 0 Å². The summed E-state index contributed by atoms with van der Waals surface area (Å²) in [5, 5.41) is 0. The van der Waals surface area contributed by atoms with Gasteiger partial charge in [-0.25, -0.2) is 0 Å². The predicted octanol–water partition coefficient (Wildman–Crippen LogP) is 4.71. The Hall–Kier alpha value is -0.0400. The Morgan fingerprint density at radius 2 is 1.50 bits per heavy atom. The topological polar surface area (TPSA) is 3.24 Å². The molecule has 0 atom stereocenters. The van der Waals surface area contributed by atoms with Crippen LogP contribution in [0.5, 0.6) is 0 Å². The van der Waals surface area contributed by atoms with Crippen LogP contribution in [0.15, 0.2) is 0 Å². The van der Waals surface area contributed by atoms with E-state index in [1.54, 1.807) is 0 Å². The van der Waals surface area contributed by atoms with Gasteiger partial charge >= 0.3 is 0 Å². The first-order chi connectivity index (χ1) is 7.52. The Morgan fingerprint density at radius 1 is 0.875 bits per heavy atom. The summed E-state index contributed by atoms with van der Waals surface area (Å²) >= 11 is 0. The summed E-state index contributed by atoms with van der Waals surface area (Å²) < 4.78 is 0. The van der Waals surface area contributed by atoms with Crippen molar-refractivity contribution >= 4 is 0 Å². The smallest absolute Gasteiger partial charge is 0.00218 e. The largest absolute Gasteiger partial charge is 0.306 e. The van der Waals surface area contributed by atoms with E-state index in [0.717, 1.165) is 0 Å². The van der Waals surface area contributed by atoms with E-state index >= 15 is 0 Å². The second kappa shape index (κ2) is 9.04. The van der Waals surface area contributed by atoms with Crippen LogP contribution in [0.1, 0.15) is 72.6 Å². The number of hydrogen-bond acceptors (Lipinski definition) is 1. The Labute approximate surface area is 104 Å². The van der Waals surface area contributed by atoms with Crippen molar-refractivity contribution in [1.29, 1.82) is 0 Å². The normalized spacial score (nSPS) is 12.4. The van der Waals surface area contributed by atoms with Crippen LogP contribution in [-0.2, 0) is 0 Å². The third kappa shape index (κ3) is 9.21. The van der Waals surface area contributed by atoms with Crippen molar-refractivity contribution in [2.75, 3.05) is 20.1 Å². The van der Waals surface area contributed by atoms with E-state index in [-0.39, 0.29) is 0 Å². The molecular formula is C15H33N. The van der Waals surface area contributed by atoms with Crippen LogP contribution in [0.25, 0.3) is 0 Å². The van der Waals surface area contributed by atoms with Gasteiger partial charge in [0, 0.05) is 0 Å². The SMILES string of the molecule is CCCN(C)CCCCCCC(C)(C)CC. The molecule has 1 nitrogen and oxygen atoms in total. The lowest BCUT2D eigenvalue weighted by Crippen LogP contribution is -2.20. The summed E-state index contributed by atoms with van der Waals surface area (Å²) in [5.41, 5.74) is 0.568. The molecule has 16 heavy (non-hydrogen) atoms. The van der Waals surface area contributed by atoms with Crippen molar-refractivity contribution in [1.82, 2.24) is 4.90 Å². The summed E-state index contributed by atoms with van der Waals surface area (Å²) in [6, 6.07) is 0. The lowest BCUT2D eigenvalue weighted by Gasteiger charge is -2.22. The minimum atomic E-state index is 0.568. The lowest BCUT2D eigenvalue weighted by atomic mass is 9.84. The number of hydrogen-bond donors (Lipinski definition) is 0.